The number of likely N-dealkylation sites (tertiary alicyclic amines) is 2. The Labute approximate surface area is 235 Å². The Kier molecular flexibility index (Phi) is 5.93. The number of fused-ring (bicyclic) bond motifs is 2. The lowest BCUT2D eigenvalue weighted by Gasteiger charge is -2.36. The van der Waals surface area contributed by atoms with E-state index in [1.54, 1.807) is 6.07 Å². The first-order chi connectivity index (χ1) is 19.2. The maximum absolute atomic E-state index is 13.8. The number of alkyl halides is 3. The Balaban J connectivity index is 1.36. The number of pyridine rings is 2. The molecule has 1 saturated carbocycles. The van der Waals surface area contributed by atoms with Crippen LogP contribution in [0.4, 0.5) is 23.7 Å². The molecule has 0 spiro atoms. The fourth-order valence-corrected chi connectivity index (χ4v) is 6.88. The van der Waals surface area contributed by atoms with E-state index in [1.165, 1.54) is 35.4 Å². The lowest BCUT2D eigenvalue weighted by Crippen LogP contribution is -2.54. The Morgan fingerprint density at radius 2 is 1.83 bits per heavy atom. The molecule has 2 aliphatic heterocycles. The van der Waals surface area contributed by atoms with E-state index in [1.807, 2.05) is 13.8 Å². The van der Waals surface area contributed by atoms with Gasteiger partial charge in [0.25, 0.3) is 0 Å². The molecule has 10 nitrogen and oxygen atoms in total. The number of aryl methyl sites for hydroxylation is 1. The molecule has 3 aromatic rings. The van der Waals surface area contributed by atoms with Gasteiger partial charge >= 0.3 is 12.3 Å². The van der Waals surface area contributed by atoms with Gasteiger partial charge in [-0.3, -0.25) is 24.3 Å². The van der Waals surface area contributed by atoms with E-state index in [-0.39, 0.29) is 65.6 Å². The predicted octanol–water partition coefficient (Wildman–Crippen LogP) is 4.37. The van der Waals surface area contributed by atoms with E-state index in [9.17, 15) is 32.3 Å². The maximum atomic E-state index is 13.8. The number of hydrogen-bond donors (Lipinski definition) is 2. The van der Waals surface area contributed by atoms with E-state index in [4.69, 9.17) is 5.11 Å². The Hall–Kier alpha value is -4.07. The lowest BCUT2D eigenvalue weighted by atomic mass is 9.99. The number of rotatable bonds is 5. The van der Waals surface area contributed by atoms with Gasteiger partial charge < -0.3 is 15.3 Å². The molecule has 3 aliphatic rings. The maximum Gasteiger partial charge on any atom is 0.433 e. The third-order valence-corrected chi connectivity index (χ3v) is 9.34. The van der Waals surface area contributed by atoms with Crippen LogP contribution in [0.5, 0.6) is 0 Å². The van der Waals surface area contributed by atoms with Crippen LogP contribution in [0.3, 0.4) is 0 Å². The molecule has 14 heteroatoms. The van der Waals surface area contributed by atoms with Crippen molar-refractivity contribution in [3.63, 3.8) is 0 Å². The number of carboxylic acid groups (broad SMARTS) is 1. The molecule has 2 atom stereocenters. The molecule has 5 heterocycles. The fraction of sp³-hybridized carbons (Fsp3) is 0.407. The smallest absolute Gasteiger partial charge is 0.433 e. The van der Waals surface area contributed by atoms with Gasteiger partial charge in [-0.2, -0.15) is 13.2 Å². The minimum absolute atomic E-state index is 0.0236. The van der Waals surface area contributed by atoms with Gasteiger partial charge in [0.15, 0.2) is 0 Å². The number of nitrogens with one attached hydrogen (secondary N) is 1. The van der Waals surface area contributed by atoms with Gasteiger partial charge in [0.05, 0.1) is 45.9 Å². The average Bonchev–Trinajstić information content (AvgIpc) is 3.09. The first-order valence-corrected chi connectivity index (χ1v) is 13.6. The molecular weight excluding hydrogens is 563 g/mol. The normalized spacial score (nSPS) is 21.7. The Morgan fingerprint density at radius 3 is 2.44 bits per heavy atom. The van der Waals surface area contributed by atoms with Gasteiger partial charge in [0.2, 0.25) is 17.7 Å². The topological polar surface area (TPSA) is 133 Å². The van der Waals surface area contributed by atoms with Gasteiger partial charge in [0, 0.05) is 29.7 Å². The summed E-state index contributed by atoms with van der Waals surface area (Å²) in [5, 5.41) is 11.7. The average molecular weight is 588 g/mol. The Bertz CT molecular complexity index is 1640. The third kappa shape index (κ3) is 4.31. The van der Waals surface area contributed by atoms with E-state index in [0.717, 1.165) is 11.0 Å². The monoisotopic (exact) mass is 587 g/mol. The van der Waals surface area contributed by atoms with Gasteiger partial charge in [-0.1, -0.05) is 13.8 Å². The Morgan fingerprint density at radius 1 is 1.17 bits per heavy atom. The van der Waals surface area contributed by atoms with Gasteiger partial charge in [0.1, 0.15) is 5.69 Å². The molecule has 3 aromatic heterocycles. The molecule has 2 saturated heterocycles. The van der Waals surface area contributed by atoms with Crippen molar-refractivity contribution in [3.05, 3.63) is 40.5 Å². The second kappa shape index (κ2) is 8.96. The van der Waals surface area contributed by atoms with E-state index < -0.39 is 29.8 Å². The van der Waals surface area contributed by atoms with Crippen LogP contribution >= 0.6 is 11.3 Å². The molecule has 3 fully saturated rings. The van der Waals surface area contributed by atoms with Crippen molar-refractivity contribution in [2.45, 2.75) is 33.5 Å². The second-order valence-electron chi connectivity index (χ2n) is 11.2. The van der Waals surface area contributed by atoms with Gasteiger partial charge in [-0.15, -0.1) is 11.3 Å². The first-order valence-electron chi connectivity index (χ1n) is 12.8. The number of piperidine rings is 1. The number of carbonyl (C=O) groups excluding carboxylic acids is 3. The van der Waals surface area contributed by atoms with E-state index in [0.29, 0.717) is 20.7 Å². The summed E-state index contributed by atoms with van der Waals surface area (Å²) < 4.78 is 41.8. The highest BCUT2D eigenvalue weighted by atomic mass is 32.1. The van der Waals surface area contributed by atoms with Crippen molar-refractivity contribution in [2.75, 3.05) is 18.4 Å². The molecule has 1 aliphatic carbocycles. The van der Waals surface area contributed by atoms with Crippen LogP contribution in [0.25, 0.3) is 21.5 Å². The number of carbonyl (C=O) groups is 4. The molecule has 4 amide bonds. The van der Waals surface area contributed by atoms with Crippen molar-refractivity contribution in [2.24, 2.45) is 23.2 Å². The zero-order chi connectivity index (χ0) is 29.6. The van der Waals surface area contributed by atoms with Gasteiger partial charge in [-0.25, -0.2) is 9.78 Å². The first kappa shape index (κ1) is 27.1. The van der Waals surface area contributed by atoms with Crippen molar-refractivity contribution in [3.8, 4) is 11.3 Å². The van der Waals surface area contributed by atoms with Crippen LogP contribution in [0, 0.1) is 30.1 Å². The quantitative estimate of drug-likeness (QED) is 0.424. The van der Waals surface area contributed by atoms with Crippen molar-refractivity contribution < 1.29 is 37.5 Å². The SMILES string of the molecule is Cc1cc(C(F)(F)F)nc(-c2ccnc3cc(CN4C(=O)C5C(C4=O)C5(C)C)sc23)c1NC(=O)C1CN(C(=O)O)C1. The highest BCUT2D eigenvalue weighted by Crippen LogP contribution is 2.63. The lowest BCUT2D eigenvalue weighted by molar-refractivity contribution is -0.144. The number of aromatic nitrogens is 2. The molecule has 0 aromatic carbocycles. The summed E-state index contributed by atoms with van der Waals surface area (Å²) in [4.78, 5) is 60.8. The zero-order valence-electron chi connectivity index (χ0n) is 22.1. The summed E-state index contributed by atoms with van der Waals surface area (Å²) in [7, 11) is 0. The third-order valence-electron chi connectivity index (χ3n) is 8.20. The zero-order valence-corrected chi connectivity index (χ0v) is 22.9. The number of hydrogen-bond acceptors (Lipinski definition) is 7. The van der Waals surface area contributed by atoms with Crippen LogP contribution in [0.1, 0.15) is 30.0 Å². The minimum Gasteiger partial charge on any atom is -0.465 e. The number of imide groups is 1. The van der Waals surface area contributed by atoms with E-state index >= 15 is 0 Å². The summed E-state index contributed by atoms with van der Waals surface area (Å²) >= 11 is 1.18. The summed E-state index contributed by atoms with van der Waals surface area (Å²) in [5.74, 6) is -2.31. The fourth-order valence-electron chi connectivity index (χ4n) is 5.76. The summed E-state index contributed by atoms with van der Waals surface area (Å²) in [5.41, 5.74) is -0.665. The number of anilines is 1. The van der Waals surface area contributed by atoms with Crippen molar-refractivity contribution in [1.82, 2.24) is 19.8 Å². The number of thiophene rings is 1. The number of halogens is 3. The van der Waals surface area contributed by atoms with Crippen LogP contribution < -0.4 is 5.32 Å². The molecule has 2 unspecified atom stereocenters. The highest BCUT2D eigenvalue weighted by Gasteiger charge is 2.72. The van der Waals surface area contributed by atoms with Crippen LogP contribution in [0.2, 0.25) is 0 Å². The molecular formula is C27H24F3N5O5S. The van der Waals surface area contributed by atoms with E-state index in [2.05, 4.69) is 15.3 Å². The van der Waals surface area contributed by atoms with Crippen LogP contribution in [-0.2, 0) is 27.1 Å². The van der Waals surface area contributed by atoms with Gasteiger partial charge in [-0.05, 0) is 36.1 Å². The summed E-state index contributed by atoms with van der Waals surface area (Å²) in [6.07, 6.45) is -4.50. The largest absolute Gasteiger partial charge is 0.465 e. The number of amides is 4. The van der Waals surface area contributed by atoms with Crippen molar-refractivity contribution in [1.29, 1.82) is 0 Å². The van der Waals surface area contributed by atoms with Crippen LogP contribution in [-0.4, -0.2) is 61.8 Å². The van der Waals surface area contributed by atoms with Crippen LogP contribution in [0.15, 0.2) is 24.4 Å². The number of nitrogens with zero attached hydrogens (tertiary/aromatic N) is 4. The highest BCUT2D eigenvalue weighted by molar-refractivity contribution is 7.19. The standard InChI is InChI=1S/C27H24F3N5O5S/c1-11-6-16(27(28,29)30)32-20(19(11)33-22(36)12-8-34(9-12)25(39)40)14-4-5-31-15-7-13(41-21(14)15)10-35-23(37)17-18(24(35)38)26(17,2)3/h4-7,12,17-18H,8-10H2,1-3H3,(H,33,36)(H,39,40). The molecule has 0 radical (unpaired) electrons. The second-order valence-corrected chi connectivity index (χ2v) is 12.4. The molecule has 2 N–H and O–H groups in total. The molecule has 214 valence electrons. The molecule has 0 bridgehead atoms. The summed E-state index contributed by atoms with van der Waals surface area (Å²) in [6, 6.07) is 4.03. The van der Waals surface area contributed by atoms with Crippen molar-refractivity contribution >= 4 is 51.1 Å². The molecule has 41 heavy (non-hydrogen) atoms. The summed E-state index contributed by atoms with van der Waals surface area (Å²) in [6.45, 7) is 5.18. The predicted molar refractivity (Wildman–Crippen MR) is 141 cm³/mol. The molecule has 6 rings (SSSR count). The minimum atomic E-state index is -4.75.